The van der Waals surface area contributed by atoms with Crippen LogP contribution in [0.15, 0.2) is 24.5 Å². The average Bonchev–Trinajstić information content (AvgIpc) is 2.36. The summed E-state index contributed by atoms with van der Waals surface area (Å²) in [5, 5.41) is 0. The van der Waals surface area contributed by atoms with Crippen molar-refractivity contribution in [3.05, 3.63) is 58.9 Å². The first-order valence-corrected chi connectivity index (χ1v) is 5.18. The zero-order valence-corrected chi connectivity index (χ0v) is 9.49. The number of nitrogens with zero attached hydrogens (tertiary/aromatic N) is 2. The lowest BCUT2D eigenvalue weighted by Gasteiger charge is -2.12. The first-order chi connectivity index (χ1) is 8.50. The lowest BCUT2D eigenvalue weighted by atomic mass is 10.0. The maximum Gasteiger partial charge on any atom is 0.194 e. The van der Waals surface area contributed by atoms with Gasteiger partial charge in [-0.05, 0) is 13.0 Å². The van der Waals surface area contributed by atoms with E-state index >= 15 is 0 Å². The normalized spacial score (nSPS) is 12.5. The molecule has 0 bridgehead atoms. The third-order valence-corrected chi connectivity index (χ3v) is 2.52. The van der Waals surface area contributed by atoms with Crippen molar-refractivity contribution in [1.82, 2.24) is 9.97 Å². The van der Waals surface area contributed by atoms with E-state index in [1.165, 1.54) is 12.4 Å². The molecule has 0 fully saturated rings. The van der Waals surface area contributed by atoms with Crippen LogP contribution in [0.4, 0.5) is 13.2 Å². The molecule has 0 aliphatic carbocycles. The molecule has 2 rings (SSSR count). The van der Waals surface area contributed by atoms with Gasteiger partial charge in [0.2, 0.25) is 0 Å². The average molecular weight is 253 g/mol. The zero-order valence-electron chi connectivity index (χ0n) is 9.49. The number of hydrogen-bond acceptors (Lipinski definition) is 3. The Morgan fingerprint density at radius 2 is 1.78 bits per heavy atom. The lowest BCUT2D eigenvalue weighted by Crippen LogP contribution is -2.16. The summed E-state index contributed by atoms with van der Waals surface area (Å²) in [7, 11) is 0. The van der Waals surface area contributed by atoms with Gasteiger partial charge in [0.1, 0.15) is 0 Å². The number of halogens is 3. The molecule has 1 aromatic carbocycles. The van der Waals surface area contributed by atoms with E-state index in [4.69, 9.17) is 5.73 Å². The van der Waals surface area contributed by atoms with Gasteiger partial charge in [0.05, 0.1) is 23.6 Å². The predicted octanol–water partition coefficient (Wildman–Crippen LogP) is 2.25. The molecule has 18 heavy (non-hydrogen) atoms. The molecule has 2 aromatic rings. The first-order valence-electron chi connectivity index (χ1n) is 5.18. The summed E-state index contributed by atoms with van der Waals surface area (Å²) in [5.41, 5.74) is 6.55. The number of nitrogens with two attached hydrogens (primary N) is 1. The summed E-state index contributed by atoms with van der Waals surface area (Å²) in [5.74, 6) is -4.09. The maximum atomic E-state index is 13.5. The van der Waals surface area contributed by atoms with Crippen LogP contribution < -0.4 is 5.73 Å². The minimum absolute atomic E-state index is 0.160. The topological polar surface area (TPSA) is 51.8 Å². The van der Waals surface area contributed by atoms with Crippen molar-refractivity contribution in [1.29, 1.82) is 0 Å². The third kappa shape index (κ3) is 2.19. The predicted molar refractivity (Wildman–Crippen MR) is 59.1 cm³/mol. The lowest BCUT2D eigenvalue weighted by molar-refractivity contribution is 0.438. The number of aromatic nitrogens is 2. The molecule has 0 amide bonds. The second kappa shape index (κ2) is 4.73. The van der Waals surface area contributed by atoms with E-state index in [9.17, 15) is 13.2 Å². The van der Waals surface area contributed by atoms with E-state index in [1.54, 1.807) is 6.92 Å². The minimum Gasteiger partial charge on any atom is -0.319 e. The molecule has 0 saturated heterocycles. The number of rotatable bonds is 2. The standard InChI is InChI=1S/C12H10F3N3/c1-6-4-18-9(5-17-6)12(16)7-2-3-8(13)11(15)10(7)14/h2-5,12H,16H2,1H3. The fourth-order valence-electron chi connectivity index (χ4n) is 1.50. The molecule has 0 aliphatic rings. The van der Waals surface area contributed by atoms with Crippen LogP contribution in [0, 0.1) is 24.4 Å². The maximum absolute atomic E-state index is 13.5. The Balaban J connectivity index is 2.43. The molecule has 1 atom stereocenters. The van der Waals surface area contributed by atoms with Crippen LogP contribution in [0.2, 0.25) is 0 Å². The molecule has 6 heteroatoms. The van der Waals surface area contributed by atoms with E-state index in [0.29, 0.717) is 5.69 Å². The fourth-order valence-corrected chi connectivity index (χ4v) is 1.50. The van der Waals surface area contributed by atoms with Gasteiger partial charge >= 0.3 is 0 Å². The molecule has 0 radical (unpaired) electrons. The van der Waals surface area contributed by atoms with Crippen LogP contribution in [0.1, 0.15) is 23.0 Å². The Morgan fingerprint density at radius 3 is 2.39 bits per heavy atom. The summed E-state index contributed by atoms with van der Waals surface area (Å²) >= 11 is 0. The van der Waals surface area contributed by atoms with Crippen LogP contribution in [0.25, 0.3) is 0 Å². The molecule has 3 nitrogen and oxygen atoms in total. The molecule has 2 N–H and O–H groups in total. The van der Waals surface area contributed by atoms with Gasteiger partial charge in [-0.3, -0.25) is 9.97 Å². The zero-order chi connectivity index (χ0) is 13.3. The first kappa shape index (κ1) is 12.5. The Labute approximate surface area is 101 Å². The van der Waals surface area contributed by atoms with Crippen molar-refractivity contribution in [2.45, 2.75) is 13.0 Å². The summed E-state index contributed by atoms with van der Waals surface area (Å²) < 4.78 is 39.4. The highest BCUT2D eigenvalue weighted by molar-refractivity contribution is 5.29. The number of hydrogen-bond donors (Lipinski definition) is 1. The van der Waals surface area contributed by atoms with Gasteiger partial charge in [0, 0.05) is 11.8 Å². The Bertz CT molecular complexity index is 570. The number of aryl methyl sites for hydroxylation is 1. The van der Waals surface area contributed by atoms with Gasteiger partial charge in [-0.25, -0.2) is 13.2 Å². The van der Waals surface area contributed by atoms with Gasteiger partial charge < -0.3 is 5.73 Å². The van der Waals surface area contributed by atoms with E-state index in [2.05, 4.69) is 9.97 Å². The van der Waals surface area contributed by atoms with Crippen LogP contribution in [-0.4, -0.2) is 9.97 Å². The smallest absolute Gasteiger partial charge is 0.194 e. The van der Waals surface area contributed by atoms with E-state index in [0.717, 1.165) is 12.1 Å². The Morgan fingerprint density at radius 1 is 1.06 bits per heavy atom. The summed E-state index contributed by atoms with van der Waals surface area (Å²) in [6.45, 7) is 1.74. The Hall–Kier alpha value is -1.95. The van der Waals surface area contributed by atoms with Gasteiger partial charge in [-0.2, -0.15) is 0 Å². The van der Waals surface area contributed by atoms with Crippen LogP contribution >= 0.6 is 0 Å². The second-order valence-corrected chi connectivity index (χ2v) is 3.82. The monoisotopic (exact) mass is 253 g/mol. The molecular formula is C12H10F3N3. The quantitative estimate of drug-likeness (QED) is 0.835. The third-order valence-electron chi connectivity index (χ3n) is 2.52. The van der Waals surface area contributed by atoms with Crippen LogP contribution in [-0.2, 0) is 0 Å². The van der Waals surface area contributed by atoms with E-state index in [1.807, 2.05) is 0 Å². The molecule has 0 spiro atoms. The second-order valence-electron chi connectivity index (χ2n) is 3.82. The van der Waals surface area contributed by atoms with Crippen molar-refractivity contribution < 1.29 is 13.2 Å². The molecule has 0 saturated carbocycles. The summed E-state index contributed by atoms with van der Waals surface area (Å²) in [6.07, 6.45) is 2.84. The van der Waals surface area contributed by atoms with Gasteiger partial charge in [0.15, 0.2) is 17.5 Å². The molecule has 94 valence electrons. The fraction of sp³-hybridized carbons (Fsp3) is 0.167. The molecule has 1 unspecified atom stereocenters. The van der Waals surface area contributed by atoms with Crippen molar-refractivity contribution in [2.75, 3.05) is 0 Å². The molecule has 1 heterocycles. The van der Waals surface area contributed by atoms with E-state index in [-0.39, 0.29) is 11.3 Å². The van der Waals surface area contributed by atoms with Crippen LogP contribution in [0.5, 0.6) is 0 Å². The SMILES string of the molecule is Cc1cnc(C(N)c2ccc(F)c(F)c2F)cn1. The van der Waals surface area contributed by atoms with Crippen molar-refractivity contribution >= 4 is 0 Å². The van der Waals surface area contributed by atoms with Crippen LogP contribution in [0.3, 0.4) is 0 Å². The highest BCUT2D eigenvalue weighted by atomic mass is 19.2. The van der Waals surface area contributed by atoms with Gasteiger partial charge in [0.25, 0.3) is 0 Å². The molecule has 1 aromatic heterocycles. The molecular weight excluding hydrogens is 243 g/mol. The summed E-state index contributed by atoms with van der Waals surface area (Å²) in [6, 6.07) is 0.933. The molecule has 0 aliphatic heterocycles. The van der Waals surface area contributed by atoms with E-state index < -0.39 is 23.5 Å². The highest BCUT2D eigenvalue weighted by Crippen LogP contribution is 2.23. The minimum atomic E-state index is -1.54. The van der Waals surface area contributed by atoms with Crippen molar-refractivity contribution in [3.8, 4) is 0 Å². The summed E-state index contributed by atoms with van der Waals surface area (Å²) in [4.78, 5) is 7.94. The number of benzene rings is 1. The van der Waals surface area contributed by atoms with Gasteiger partial charge in [-0.15, -0.1) is 0 Å². The largest absolute Gasteiger partial charge is 0.319 e. The Kier molecular flexibility index (Phi) is 3.29. The van der Waals surface area contributed by atoms with Crippen molar-refractivity contribution in [3.63, 3.8) is 0 Å². The van der Waals surface area contributed by atoms with Gasteiger partial charge in [-0.1, -0.05) is 6.07 Å². The van der Waals surface area contributed by atoms with Crippen molar-refractivity contribution in [2.24, 2.45) is 5.73 Å². The highest BCUT2D eigenvalue weighted by Gasteiger charge is 2.20.